The van der Waals surface area contributed by atoms with Crippen molar-refractivity contribution < 1.29 is 18.3 Å². The predicted molar refractivity (Wildman–Crippen MR) is 89.3 cm³/mol. The maximum Gasteiger partial charge on any atom is 0.272 e. The Labute approximate surface area is 149 Å². The van der Waals surface area contributed by atoms with Gasteiger partial charge in [-0.1, -0.05) is 0 Å². The van der Waals surface area contributed by atoms with Gasteiger partial charge in [0, 0.05) is 36.8 Å². The van der Waals surface area contributed by atoms with Gasteiger partial charge in [-0.05, 0) is 43.7 Å². The van der Waals surface area contributed by atoms with Gasteiger partial charge in [0.1, 0.15) is 11.5 Å². The van der Waals surface area contributed by atoms with Crippen LogP contribution in [0.25, 0.3) is 5.69 Å². The molecule has 0 spiro atoms. The summed E-state index contributed by atoms with van der Waals surface area (Å²) < 4.78 is 34.4. The molecule has 5 rings (SSSR count). The largest absolute Gasteiger partial charge is 0.381 e. The normalized spacial score (nSPS) is 24.2. The predicted octanol–water partition coefficient (Wildman–Crippen LogP) is 2.72. The third kappa shape index (κ3) is 2.53. The third-order valence-electron chi connectivity index (χ3n) is 5.67. The number of nitrogens with zero attached hydrogens (tertiary/aromatic N) is 2. The van der Waals surface area contributed by atoms with Gasteiger partial charge in [0.05, 0.1) is 5.69 Å². The molecule has 5 nitrogen and oxygen atoms in total. The Balaban J connectivity index is 1.51. The van der Waals surface area contributed by atoms with E-state index in [1.165, 1.54) is 16.8 Å². The van der Waals surface area contributed by atoms with Crippen LogP contribution in [-0.4, -0.2) is 34.9 Å². The topological polar surface area (TPSA) is 56.1 Å². The first-order chi connectivity index (χ1) is 12.6. The molecule has 136 valence electrons. The van der Waals surface area contributed by atoms with E-state index in [9.17, 15) is 13.6 Å². The third-order valence-corrected chi connectivity index (χ3v) is 5.67. The maximum atomic E-state index is 14.3. The SMILES string of the molecule is O=C(NC1CCOCC1)c1nn(-c2ccc(F)cc2F)c2c1C[C@H]1C[C@@H]21. The lowest BCUT2D eigenvalue weighted by molar-refractivity contribution is 0.0693. The Morgan fingerprint density at radius 1 is 1.27 bits per heavy atom. The minimum absolute atomic E-state index is 0.0792. The first kappa shape index (κ1) is 15.9. The molecule has 0 unspecified atom stereocenters. The zero-order valence-corrected chi connectivity index (χ0v) is 14.2. The first-order valence-corrected chi connectivity index (χ1v) is 9.07. The van der Waals surface area contributed by atoms with E-state index >= 15 is 0 Å². The highest BCUT2D eigenvalue weighted by Gasteiger charge is 2.50. The van der Waals surface area contributed by atoms with Gasteiger partial charge < -0.3 is 10.1 Å². The fraction of sp³-hybridized carbons (Fsp3) is 0.474. The molecule has 1 N–H and O–H groups in total. The van der Waals surface area contributed by atoms with Crippen molar-refractivity contribution in [2.75, 3.05) is 13.2 Å². The maximum absolute atomic E-state index is 14.3. The smallest absolute Gasteiger partial charge is 0.272 e. The zero-order chi connectivity index (χ0) is 17.8. The van der Waals surface area contributed by atoms with Crippen LogP contribution in [0, 0.1) is 17.6 Å². The van der Waals surface area contributed by atoms with Crippen molar-refractivity contribution in [1.29, 1.82) is 0 Å². The molecule has 0 bridgehead atoms. The van der Waals surface area contributed by atoms with Crippen molar-refractivity contribution in [3.05, 3.63) is 46.8 Å². The second-order valence-electron chi connectivity index (χ2n) is 7.39. The van der Waals surface area contributed by atoms with Gasteiger partial charge in [-0.2, -0.15) is 5.10 Å². The van der Waals surface area contributed by atoms with Gasteiger partial charge in [-0.15, -0.1) is 0 Å². The average Bonchev–Trinajstić information content (AvgIpc) is 3.12. The molecule has 2 aromatic rings. The van der Waals surface area contributed by atoms with Crippen LogP contribution in [0.5, 0.6) is 0 Å². The quantitative estimate of drug-likeness (QED) is 0.917. The van der Waals surface area contributed by atoms with Crippen LogP contribution < -0.4 is 5.32 Å². The summed E-state index contributed by atoms with van der Waals surface area (Å²) in [5.41, 5.74) is 2.40. The molecule has 1 saturated heterocycles. The van der Waals surface area contributed by atoms with Crippen molar-refractivity contribution in [2.45, 2.75) is 37.6 Å². The summed E-state index contributed by atoms with van der Waals surface area (Å²) in [5.74, 6) is -0.665. The van der Waals surface area contributed by atoms with E-state index in [1.807, 2.05) is 0 Å². The lowest BCUT2D eigenvalue weighted by Gasteiger charge is -2.22. The lowest BCUT2D eigenvalue weighted by atomic mass is 10.1. The summed E-state index contributed by atoms with van der Waals surface area (Å²) in [4.78, 5) is 12.8. The number of hydrogen-bond acceptors (Lipinski definition) is 3. The summed E-state index contributed by atoms with van der Waals surface area (Å²) >= 11 is 0. The Hall–Kier alpha value is -2.28. The Bertz CT molecular complexity index is 889. The van der Waals surface area contributed by atoms with Crippen molar-refractivity contribution >= 4 is 5.91 Å². The highest BCUT2D eigenvalue weighted by Crippen LogP contribution is 2.57. The van der Waals surface area contributed by atoms with Crippen LogP contribution in [0.1, 0.15) is 46.9 Å². The molecule has 2 atom stereocenters. The first-order valence-electron chi connectivity index (χ1n) is 9.07. The number of benzene rings is 1. The lowest BCUT2D eigenvalue weighted by Crippen LogP contribution is -2.39. The Kier molecular flexibility index (Phi) is 3.60. The van der Waals surface area contributed by atoms with Gasteiger partial charge >= 0.3 is 0 Å². The van der Waals surface area contributed by atoms with E-state index in [4.69, 9.17) is 4.74 Å². The molecular weight excluding hydrogens is 340 g/mol. The van der Waals surface area contributed by atoms with Gasteiger partial charge in [0.25, 0.3) is 5.91 Å². The zero-order valence-electron chi connectivity index (χ0n) is 14.2. The highest BCUT2D eigenvalue weighted by atomic mass is 19.1. The van der Waals surface area contributed by atoms with E-state index in [0.29, 0.717) is 30.7 Å². The van der Waals surface area contributed by atoms with Crippen LogP contribution in [0.3, 0.4) is 0 Å². The molecule has 7 heteroatoms. The number of amides is 1. The van der Waals surface area contributed by atoms with Crippen LogP contribution in [-0.2, 0) is 11.2 Å². The van der Waals surface area contributed by atoms with Crippen molar-refractivity contribution in [3.63, 3.8) is 0 Å². The summed E-state index contributed by atoms with van der Waals surface area (Å²) in [6.45, 7) is 1.28. The van der Waals surface area contributed by atoms with E-state index in [-0.39, 0.29) is 17.6 Å². The summed E-state index contributed by atoms with van der Waals surface area (Å²) in [7, 11) is 0. The number of hydrogen-bond donors (Lipinski definition) is 1. The standard InChI is InChI=1S/C19H19F2N3O2/c20-11-1-2-16(15(21)9-11)24-18-13-7-10(13)8-14(18)17(23-24)19(25)22-12-3-5-26-6-4-12/h1-2,9-10,12-13H,3-8H2,(H,22,25)/t10-,13-/m1/s1. The van der Waals surface area contributed by atoms with Crippen LogP contribution in [0.15, 0.2) is 18.2 Å². The number of nitrogens with one attached hydrogen (secondary N) is 1. The summed E-state index contributed by atoms with van der Waals surface area (Å²) in [5, 5.41) is 7.48. The number of ether oxygens (including phenoxy) is 1. The van der Waals surface area contributed by atoms with Crippen molar-refractivity contribution in [2.24, 2.45) is 5.92 Å². The Morgan fingerprint density at radius 2 is 2.08 bits per heavy atom. The second-order valence-corrected chi connectivity index (χ2v) is 7.39. The fourth-order valence-electron chi connectivity index (χ4n) is 4.23. The number of rotatable bonds is 3. The molecule has 1 aromatic carbocycles. The summed E-state index contributed by atoms with van der Waals surface area (Å²) in [6.07, 6.45) is 3.42. The van der Waals surface area contributed by atoms with Gasteiger partial charge in [0.2, 0.25) is 0 Å². The molecule has 2 aliphatic carbocycles. The van der Waals surface area contributed by atoms with E-state index in [2.05, 4.69) is 10.4 Å². The van der Waals surface area contributed by atoms with Gasteiger partial charge in [0.15, 0.2) is 11.5 Å². The average molecular weight is 359 g/mol. The molecule has 26 heavy (non-hydrogen) atoms. The number of fused-ring (bicyclic) bond motifs is 3. The van der Waals surface area contributed by atoms with E-state index in [0.717, 1.165) is 43.0 Å². The number of aromatic nitrogens is 2. The van der Waals surface area contributed by atoms with E-state index in [1.54, 1.807) is 0 Å². The minimum Gasteiger partial charge on any atom is -0.381 e. The molecule has 3 aliphatic rings. The molecule has 0 radical (unpaired) electrons. The second kappa shape index (κ2) is 5.87. The van der Waals surface area contributed by atoms with Crippen LogP contribution >= 0.6 is 0 Å². The van der Waals surface area contributed by atoms with Crippen molar-refractivity contribution in [3.8, 4) is 5.69 Å². The highest BCUT2D eigenvalue weighted by molar-refractivity contribution is 5.94. The Morgan fingerprint density at radius 3 is 2.85 bits per heavy atom. The van der Waals surface area contributed by atoms with Gasteiger partial charge in [-0.3, -0.25) is 4.79 Å². The molecule has 2 fully saturated rings. The van der Waals surface area contributed by atoms with Crippen LogP contribution in [0.2, 0.25) is 0 Å². The molecular formula is C19H19F2N3O2. The monoisotopic (exact) mass is 359 g/mol. The molecule has 1 aromatic heterocycles. The van der Waals surface area contributed by atoms with Gasteiger partial charge in [-0.25, -0.2) is 13.5 Å². The number of carbonyl (C=O) groups excluding carboxylic acids is 1. The molecule has 2 heterocycles. The molecule has 1 aliphatic heterocycles. The van der Waals surface area contributed by atoms with E-state index < -0.39 is 11.6 Å². The number of halogens is 2. The van der Waals surface area contributed by atoms with Crippen LogP contribution in [0.4, 0.5) is 8.78 Å². The fourth-order valence-corrected chi connectivity index (χ4v) is 4.23. The molecule has 1 amide bonds. The molecule has 1 saturated carbocycles. The van der Waals surface area contributed by atoms with Crippen molar-refractivity contribution in [1.82, 2.24) is 15.1 Å². The number of carbonyl (C=O) groups is 1. The minimum atomic E-state index is -0.671. The summed E-state index contributed by atoms with van der Waals surface area (Å²) in [6, 6.07) is 3.53.